The van der Waals surface area contributed by atoms with Crippen molar-refractivity contribution in [1.29, 1.82) is 0 Å². The van der Waals surface area contributed by atoms with Crippen LogP contribution in [0.25, 0.3) is 33.4 Å². The summed E-state index contributed by atoms with van der Waals surface area (Å²) in [6.45, 7) is 0. The first-order valence-corrected chi connectivity index (χ1v) is 7.30. The molecule has 4 aromatic rings. The summed E-state index contributed by atoms with van der Waals surface area (Å²) in [7, 11) is 0. The van der Waals surface area contributed by atoms with Crippen molar-refractivity contribution in [2.75, 3.05) is 5.73 Å². The number of hydrogen-bond donors (Lipinski definition) is 1. The summed E-state index contributed by atoms with van der Waals surface area (Å²) in [6, 6.07) is 9.90. The van der Waals surface area contributed by atoms with Crippen LogP contribution in [0.3, 0.4) is 0 Å². The SMILES string of the molecule is Nc1nc(-c2ccncc2)nc2cncc(-c3cccc(F)c3)c12. The standard InChI is InChI=1S/C18H12FN5/c19-13-3-1-2-12(8-13)14-9-22-10-15-16(14)17(20)24-18(23-15)11-4-6-21-7-5-11/h1-10H,(H2,20,23,24). The van der Waals surface area contributed by atoms with Crippen molar-refractivity contribution in [2.45, 2.75) is 0 Å². The number of nitrogen functional groups attached to an aromatic ring is 1. The predicted octanol–water partition coefficient (Wildman–Crippen LogP) is 3.48. The van der Waals surface area contributed by atoms with Crippen molar-refractivity contribution < 1.29 is 4.39 Å². The summed E-state index contributed by atoms with van der Waals surface area (Å²) in [5.41, 5.74) is 8.98. The molecule has 0 saturated heterocycles. The number of nitrogens with zero attached hydrogens (tertiary/aromatic N) is 4. The molecule has 6 heteroatoms. The molecule has 0 saturated carbocycles. The Morgan fingerprint density at radius 2 is 1.71 bits per heavy atom. The second-order valence-electron chi connectivity index (χ2n) is 5.26. The third-order valence-electron chi connectivity index (χ3n) is 3.71. The Labute approximate surface area is 137 Å². The fourth-order valence-corrected chi connectivity index (χ4v) is 2.62. The predicted molar refractivity (Wildman–Crippen MR) is 90.4 cm³/mol. The van der Waals surface area contributed by atoms with Crippen LogP contribution >= 0.6 is 0 Å². The zero-order valence-corrected chi connectivity index (χ0v) is 12.5. The normalized spacial score (nSPS) is 10.9. The van der Waals surface area contributed by atoms with Gasteiger partial charge in [0.15, 0.2) is 5.82 Å². The first-order valence-electron chi connectivity index (χ1n) is 7.30. The van der Waals surface area contributed by atoms with E-state index in [-0.39, 0.29) is 5.82 Å². The lowest BCUT2D eigenvalue weighted by atomic mass is 10.0. The molecule has 5 nitrogen and oxygen atoms in total. The molecule has 0 amide bonds. The zero-order valence-electron chi connectivity index (χ0n) is 12.5. The molecular formula is C18H12FN5. The van der Waals surface area contributed by atoms with Gasteiger partial charge in [-0.25, -0.2) is 14.4 Å². The molecule has 0 bridgehead atoms. The van der Waals surface area contributed by atoms with E-state index in [1.807, 2.05) is 12.1 Å². The number of hydrogen-bond acceptors (Lipinski definition) is 5. The average Bonchev–Trinajstić information content (AvgIpc) is 2.62. The van der Waals surface area contributed by atoms with Gasteiger partial charge in [-0.15, -0.1) is 0 Å². The van der Waals surface area contributed by atoms with Gasteiger partial charge < -0.3 is 5.73 Å². The molecule has 3 aromatic heterocycles. The molecular weight excluding hydrogens is 305 g/mol. The van der Waals surface area contributed by atoms with Gasteiger partial charge in [0.25, 0.3) is 0 Å². The topological polar surface area (TPSA) is 77.6 Å². The van der Waals surface area contributed by atoms with Gasteiger partial charge in [-0.2, -0.15) is 0 Å². The van der Waals surface area contributed by atoms with E-state index in [9.17, 15) is 4.39 Å². The van der Waals surface area contributed by atoms with Crippen molar-refractivity contribution in [1.82, 2.24) is 19.9 Å². The van der Waals surface area contributed by atoms with Gasteiger partial charge in [-0.1, -0.05) is 12.1 Å². The first kappa shape index (κ1) is 14.2. The van der Waals surface area contributed by atoms with Crippen molar-refractivity contribution in [2.24, 2.45) is 0 Å². The number of rotatable bonds is 2. The Morgan fingerprint density at radius 3 is 2.50 bits per heavy atom. The van der Waals surface area contributed by atoms with E-state index in [1.165, 1.54) is 12.1 Å². The minimum Gasteiger partial charge on any atom is -0.383 e. The van der Waals surface area contributed by atoms with Gasteiger partial charge in [0.05, 0.1) is 17.1 Å². The molecule has 0 unspecified atom stereocenters. The first-order chi connectivity index (χ1) is 11.7. The van der Waals surface area contributed by atoms with Crippen LogP contribution in [0.15, 0.2) is 61.2 Å². The lowest BCUT2D eigenvalue weighted by Gasteiger charge is -2.10. The smallest absolute Gasteiger partial charge is 0.162 e. The van der Waals surface area contributed by atoms with Crippen LogP contribution in [0.1, 0.15) is 0 Å². The number of aromatic nitrogens is 4. The van der Waals surface area contributed by atoms with E-state index in [0.717, 1.165) is 5.56 Å². The quantitative estimate of drug-likeness (QED) is 0.612. The Kier molecular flexibility index (Phi) is 3.35. The van der Waals surface area contributed by atoms with E-state index in [4.69, 9.17) is 5.73 Å². The summed E-state index contributed by atoms with van der Waals surface area (Å²) < 4.78 is 13.6. The third-order valence-corrected chi connectivity index (χ3v) is 3.71. The fourth-order valence-electron chi connectivity index (χ4n) is 2.62. The van der Waals surface area contributed by atoms with Crippen molar-refractivity contribution >= 4 is 16.7 Å². The molecule has 0 aliphatic rings. The summed E-state index contributed by atoms with van der Waals surface area (Å²) in [5, 5.41) is 0.661. The van der Waals surface area contributed by atoms with Crippen LogP contribution in [-0.2, 0) is 0 Å². The molecule has 0 radical (unpaired) electrons. The Hall–Kier alpha value is -3.41. The summed E-state index contributed by atoms with van der Waals surface area (Å²) in [5.74, 6) is 0.506. The minimum atomic E-state index is -0.322. The molecule has 24 heavy (non-hydrogen) atoms. The van der Waals surface area contributed by atoms with E-state index < -0.39 is 0 Å². The Balaban J connectivity index is 1.96. The third kappa shape index (κ3) is 2.44. The highest BCUT2D eigenvalue weighted by atomic mass is 19.1. The van der Waals surface area contributed by atoms with Crippen molar-refractivity contribution in [3.8, 4) is 22.5 Å². The summed E-state index contributed by atoms with van der Waals surface area (Å²) in [6.07, 6.45) is 6.60. The second kappa shape index (κ2) is 5.66. The van der Waals surface area contributed by atoms with Crippen LogP contribution in [0.2, 0.25) is 0 Å². The maximum absolute atomic E-state index is 13.6. The molecule has 1 aromatic carbocycles. The number of nitrogens with two attached hydrogens (primary N) is 1. The maximum Gasteiger partial charge on any atom is 0.162 e. The largest absolute Gasteiger partial charge is 0.383 e. The van der Waals surface area contributed by atoms with E-state index in [0.29, 0.717) is 33.7 Å². The Bertz CT molecular complexity index is 1030. The highest BCUT2D eigenvalue weighted by molar-refractivity contribution is 6.01. The average molecular weight is 317 g/mol. The van der Waals surface area contributed by atoms with Crippen LogP contribution in [0.5, 0.6) is 0 Å². The number of anilines is 1. The molecule has 0 aliphatic carbocycles. The van der Waals surface area contributed by atoms with E-state index in [2.05, 4.69) is 19.9 Å². The van der Waals surface area contributed by atoms with Crippen molar-refractivity contribution in [3.05, 3.63) is 67.0 Å². The van der Waals surface area contributed by atoms with Crippen LogP contribution in [0, 0.1) is 5.82 Å². The van der Waals surface area contributed by atoms with Gasteiger partial charge in [-0.05, 0) is 29.8 Å². The van der Waals surface area contributed by atoms with Gasteiger partial charge in [0.2, 0.25) is 0 Å². The Morgan fingerprint density at radius 1 is 0.875 bits per heavy atom. The molecule has 2 N–H and O–H groups in total. The number of fused-ring (bicyclic) bond motifs is 1. The number of halogens is 1. The minimum absolute atomic E-state index is 0.322. The molecule has 0 spiro atoms. The summed E-state index contributed by atoms with van der Waals surface area (Å²) >= 11 is 0. The van der Waals surface area contributed by atoms with Gasteiger partial charge in [-0.3, -0.25) is 9.97 Å². The molecule has 0 atom stereocenters. The maximum atomic E-state index is 13.6. The van der Waals surface area contributed by atoms with Crippen LogP contribution < -0.4 is 5.73 Å². The zero-order chi connectivity index (χ0) is 16.5. The fraction of sp³-hybridized carbons (Fsp3) is 0. The number of benzene rings is 1. The highest BCUT2D eigenvalue weighted by Crippen LogP contribution is 2.31. The number of pyridine rings is 2. The van der Waals surface area contributed by atoms with Gasteiger partial charge in [0, 0.05) is 29.7 Å². The molecule has 4 rings (SSSR count). The molecule has 0 fully saturated rings. The lowest BCUT2D eigenvalue weighted by molar-refractivity contribution is 0.628. The summed E-state index contributed by atoms with van der Waals surface area (Å²) in [4.78, 5) is 17.1. The van der Waals surface area contributed by atoms with E-state index in [1.54, 1.807) is 36.9 Å². The van der Waals surface area contributed by atoms with Crippen molar-refractivity contribution in [3.63, 3.8) is 0 Å². The van der Waals surface area contributed by atoms with Crippen LogP contribution in [-0.4, -0.2) is 19.9 Å². The highest BCUT2D eigenvalue weighted by Gasteiger charge is 2.13. The molecule has 0 aliphatic heterocycles. The molecule has 116 valence electrons. The molecule has 3 heterocycles. The van der Waals surface area contributed by atoms with Crippen LogP contribution in [0.4, 0.5) is 10.2 Å². The van der Waals surface area contributed by atoms with Gasteiger partial charge in [0.1, 0.15) is 11.6 Å². The second-order valence-corrected chi connectivity index (χ2v) is 5.26. The monoisotopic (exact) mass is 317 g/mol. The van der Waals surface area contributed by atoms with Gasteiger partial charge >= 0.3 is 0 Å². The van der Waals surface area contributed by atoms with E-state index >= 15 is 0 Å². The lowest BCUT2D eigenvalue weighted by Crippen LogP contribution is -2.00.